The molecular formula is C13H17BrN4. The zero-order valence-corrected chi connectivity index (χ0v) is 11.8. The summed E-state index contributed by atoms with van der Waals surface area (Å²) >= 11 is 3.38. The maximum absolute atomic E-state index is 4.31. The van der Waals surface area contributed by atoms with Gasteiger partial charge in [0.2, 0.25) is 0 Å². The number of aromatic nitrogens is 3. The number of hydrogen-bond acceptors (Lipinski definition) is 3. The van der Waals surface area contributed by atoms with Crippen molar-refractivity contribution >= 4 is 15.9 Å². The van der Waals surface area contributed by atoms with Gasteiger partial charge in [-0.25, -0.2) is 4.98 Å². The van der Waals surface area contributed by atoms with Crippen LogP contribution in [0.1, 0.15) is 18.5 Å². The van der Waals surface area contributed by atoms with Crippen LogP contribution in [0.25, 0.3) is 0 Å². The monoisotopic (exact) mass is 308 g/mol. The van der Waals surface area contributed by atoms with Crippen molar-refractivity contribution in [2.75, 3.05) is 6.54 Å². The number of halogens is 1. The molecular weight excluding hydrogens is 292 g/mol. The number of nitrogens with zero attached hydrogens (tertiary/aromatic N) is 3. The molecule has 2 heterocycles. The van der Waals surface area contributed by atoms with Crippen LogP contribution in [0.2, 0.25) is 0 Å². The van der Waals surface area contributed by atoms with Crippen LogP contribution in [0.5, 0.6) is 0 Å². The Morgan fingerprint density at radius 3 is 2.94 bits per heavy atom. The van der Waals surface area contributed by atoms with Crippen LogP contribution in [0.15, 0.2) is 41.5 Å². The second kappa shape index (κ2) is 7.28. The lowest BCUT2D eigenvalue weighted by atomic mass is 10.3. The molecule has 0 bridgehead atoms. The van der Waals surface area contributed by atoms with Gasteiger partial charge in [-0.1, -0.05) is 0 Å². The van der Waals surface area contributed by atoms with Crippen LogP contribution >= 0.6 is 15.9 Å². The van der Waals surface area contributed by atoms with E-state index in [1.165, 1.54) is 0 Å². The highest BCUT2D eigenvalue weighted by Gasteiger charge is 1.95. The molecule has 0 saturated carbocycles. The minimum absolute atomic E-state index is 0.832. The van der Waals surface area contributed by atoms with Gasteiger partial charge < -0.3 is 9.88 Å². The van der Waals surface area contributed by atoms with Crippen LogP contribution in [0.3, 0.4) is 0 Å². The molecule has 0 spiro atoms. The van der Waals surface area contributed by atoms with Crippen molar-refractivity contribution in [1.82, 2.24) is 19.9 Å². The molecule has 18 heavy (non-hydrogen) atoms. The van der Waals surface area contributed by atoms with Crippen molar-refractivity contribution in [3.63, 3.8) is 0 Å². The molecule has 4 nitrogen and oxygen atoms in total. The summed E-state index contributed by atoms with van der Waals surface area (Å²) in [5.74, 6) is 0. The third-order valence-electron chi connectivity index (χ3n) is 2.67. The summed E-state index contributed by atoms with van der Waals surface area (Å²) in [5.41, 5.74) is 1.08. The molecule has 5 heteroatoms. The predicted octanol–water partition coefficient (Wildman–Crippen LogP) is 2.61. The van der Waals surface area contributed by atoms with E-state index < -0.39 is 0 Å². The molecule has 0 fully saturated rings. The van der Waals surface area contributed by atoms with E-state index in [9.17, 15) is 0 Å². The van der Waals surface area contributed by atoms with Gasteiger partial charge in [0, 0.05) is 36.2 Å². The van der Waals surface area contributed by atoms with Gasteiger partial charge in [-0.2, -0.15) is 0 Å². The molecule has 0 aromatic carbocycles. The van der Waals surface area contributed by atoms with E-state index in [2.05, 4.69) is 35.8 Å². The van der Waals surface area contributed by atoms with Crippen LogP contribution in [0, 0.1) is 0 Å². The minimum Gasteiger partial charge on any atom is -0.337 e. The average Bonchev–Trinajstić information content (AvgIpc) is 2.89. The Balaban J connectivity index is 1.55. The van der Waals surface area contributed by atoms with Gasteiger partial charge in [0.15, 0.2) is 0 Å². The summed E-state index contributed by atoms with van der Waals surface area (Å²) < 4.78 is 3.13. The van der Waals surface area contributed by atoms with Gasteiger partial charge in [-0.3, -0.25) is 4.98 Å². The Kier molecular flexibility index (Phi) is 5.36. The molecule has 0 atom stereocenters. The Labute approximate surface area is 116 Å². The number of rotatable bonds is 7. The van der Waals surface area contributed by atoms with E-state index in [1.807, 2.05) is 37.1 Å². The van der Waals surface area contributed by atoms with Gasteiger partial charge in [0.05, 0.1) is 12.0 Å². The first kappa shape index (κ1) is 13.2. The largest absolute Gasteiger partial charge is 0.337 e. The molecule has 0 radical (unpaired) electrons. The fraction of sp³-hybridized carbons (Fsp3) is 0.385. The minimum atomic E-state index is 0.832. The Hall–Kier alpha value is -1.20. The van der Waals surface area contributed by atoms with Crippen LogP contribution < -0.4 is 5.32 Å². The molecule has 0 aliphatic heterocycles. The highest BCUT2D eigenvalue weighted by molar-refractivity contribution is 9.10. The van der Waals surface area contributed by atoms with E-state index in [0.29, 0.717) is 0 Å². The van der Waals surface area contributed by atoms with Gasteiger partial charge >= 0.3 is 0 Å². The van der Waals surface area contributed by atoms with Crippen molar-refractivity contribution in [2.45, 2.75) is 25.9 Å². The normalized spacial score (nSPS) is 10.7. The van der Waals surface area contributed by atoms with E-state index in [0.717, 1.165) is 42.6 Å². The van der Waals surface area contributed by atoms with Gasteiger partial charge in [-0.15, -0.1) is 0 Å². The van der Waals surface area contributed by atoms with Gasteiger partial charge in [0.1, 0.15) is 0 Å². The number of imidazole rings is 1. The molecule has 0 aliphatic carbocycles. The highest BCUT2D eigenvalue weighted by atomic mass is 79.9. The molecule has 2 aromatic rings. The van der Waals surface area contributed by atoms with Crippen molar-refractivity contribution in [3.8, 4) is 0 Å². The van der Waals surface area contributed by atoms with E-state index in [-0.39, 0.29) is 0 Å². The first-order valence-corrected chi connectivity index (χ1v) is 6.91. The Morgan fingerprint density at radius 1 is 1.28 bits per heavy atom. The number of pyridine rings is 1. The topological polar surface area (TPSA) is 42.7 Å². The fourth-order valence-corrected chi connectivity index (χ4v) is 1.93. The second-order valence-electron chi connectivity index (χ2n) is 4.15. The van der Waals surface area contributed by atoms with Crippen molar-refractivity contribution < 1.29 is 0 Å². The second-order valence-corrected chi connectivity index (χ2v) is 5.07. The highest BCUT2D eigenvalue weighted by Crippen LogP contribution is 2.07. The molecule has 2 rings (SSSR count). The van der Waals surface area contributed by atoms with Crippen LogP contribution in [-0.2, 0) is 13.1 Å². The molecule has 0 saturated heterocycles. The SMILES string of the molecule is Brc1ccc(CNCCCCn2ccnc2)nc1. The lowest BCUT2D eigenvalue weighted by Crippen LogP contribution is -2.15. The van der Waals surface area contributed by atoms with E-state index >= 15 is 0 Å². The van der Waals surface area contributed by atoms with Crippen molar-refractivity contribution in [1.29, 1.82) is 0 Å². The molecule has 0 aliphatic rings. The molecule has 0 amide bonds. The molecule has 1 N–H and O–H groups in total. The standard InChI is InChI=1S/C13H17BrN4/c14-12-3-4-13(17-9-12)10-15-5-1-2-7-18-8-6-16-11-18/h3-4,6,8-9,11,15H,1-2,5,7,10H2. The smallest absolute Gasteiger partial charge is 0.0945 e. The summed E-state index contributed by atoms with van der Waals surface area (Å²) in [6.07, 6.45) is 9.83. The average molecular weight is 309 g/mol. The molecule has 0 unspecified atom stereocenters. The zero-order chi connectivity index (χ0) is 12.6. The predicted molar refractivity (Wildman–Crippen MR) is 75.1 cm³/mol. The van der Waals surface area contributed by atoms with Gasteiger partial charge in [0.25, 0.3) is 0 Å². The van der Waals surface area contributed by atoms with E-state index in [4.69, 9.17) is 0 Å². The summed E-state index contributed by atoms with van der Waals surface area (Å²) in [7, 11) is 0. The quantitative estimate of drug-likeness (QED) is 0.800. The van der Waals surface area contributed by atoms with Crippen molar-refractivity contribution in [2.24, 2.45) is 0 Å². The fourth-order valence-electron chi connectivity index (χ4n) is 1.69. The van der Waals surface area contributed by atoms with Crippen LogP contribution in [0.4, 0.5) is 0 Å². The Morgan fingerprint density at radius 2 is 2.22 bits per heavy atom. The Bertz CT molecular complexity index is 439. The number of unbranched alkanes of at least 4 members (excludes halogenated alkanes) is 1. The lowest BCUT2D eigenvalue weighted by molar-refractivity contribution is 0.565. The lowest BCUT2D eigenvalue weighted by Gasteiger charge is -2.05. The number of hydrogen-bond donors (Lipinski definition) is 1. The zero-order valence-electron chi connectivity index (χ0n) is 10.2. The number of nitrogens with one attached hydrogen (secondary N) is 1. The maximum Gasteiger partial charge on any atom is 0.0945 e. The van der Waals surface area contributed by atoms with Crippen molar-refractivity contribution in [3.05, 3.63) is 47.2 Å². The maximum atomic E-state index is 4.31. The number of aryl methyl sites for hydroxylation is 1. The molecule has 96 valence electrons. The van der Waals surface area contributed by atoms with E-state index in [1.54, 1.807) is 0 Å². The summed E-state index contributed by atoms with van der Waals surface area (Å²) in [4.78, 5) is 8.33. The first-order valence-electron chi connectivity index (χ1n) is 6.11. The molecule has 2 aromatic heterocycles. The first-order chi connectivity index (χ1) is 8.84. The summed E-state index contributed by atoms with van der Waals surface area (Å²) in [6.45, 7) is 2.89. The summed E-state index contributed by atoms with van der Waals surface area (Å²) in [5, 5.41) is 3.40. The third-order valence-corrected chi connectivity index (χ3v) is 3.14. The van der Waals surface area contributed by atoms with Crippen LogP contribution in [-0.4, -0.2) is 21.1 Å². The van der Waals surface area contributed by atoms with Gasteiger partial charge in [-0.05, 0) is 47.4 Å². The summed E-state index contributed by atoms with van der Waals surface area (Å²) in [6, 6.07) is 4.05. The third kappa shape index (κ3) is 4.58.